The van der Waals surface area contributed by atoms with Crippen LogP contribution in [0.5, 0.6) is 0 Å². The first-order valence-corrected chi connectivity index (χ1v) is 11.8. The number of rotatable bonds is 3. The summed E-state index contributed by atoms with van der Waals surface area (Å²) in [5.41, 5.74) is 10.1. The van der Waals surface area contributed by atoms with Gasteiger partial charge in [-0.3, -0.25) is 0 Å². The van der Waals surface area contributed by atoms with Crippen molar-refractivity contribution in [1.29, 1.82) is 0 Å². The average Bonchev–Trinajstić information content (AvgIpc) is 3.18. The van der Waals surface area contributed by atoms with Gasteiger partial charge in [0.1, 0.15) is 5.82 Å². The molecule has 3 N–H and O–H groups in total. The first-order valence-electron chi connectivity index (χ1n) is 10.2. The number of anilines is 3. The van der Waals surface area contributed by atoms with Crippen LogP contribution in [0, 0.1) is 0 Å². The van der Waals surface area contributed by atoms with Crippen LogP contribution in [-0.4, -0.2) is 9.97 Å². The molecule has 32 heavy (non-hydrogen) atoms. The molecule has 154 valence electrons. The molecular formula is C26H17BrN4S. The number of aromatic nitrogens is 2. The summed E-state index contributed by atoms with van der Waals surface area (Å²) in [5, 5.41) is 6.91. The molecule has 0 aliphatic rings. The van der Waals surface area contributed by atoms with Gasteiger partial charge in [-0.1, -0.05) is 64.5 Å². The zero-order chi connectivity index (χ0) is 21.7. The van der Waals surface area contributed by atoms with Gasteiger partial charge in [0.15, 0.2) is 0 Å². The maximum atomic E-state index is 6.01. The third-order valence-corrected chi connectivity index (χ3v) is 7.23. The summed E-state index contributed by atoms with van der Waals surface area (Å²) in [5.74, 6) is 0.935. The average molecular weight is 497 g/mol. The van der Waals surface area contributed by atoms with E-state index in [9.17, 15) is 0 Å². The smallest absolute Gasteiger partial charge is 0.222 e. The van der Waals surface area contributed by atoms with Gasteiger partial charge >= 0.3 is 0 Å². The highest BCUT2D eigenvalue weighted by Gasteiger charge is 2.13. The van der Waals surface area contributed by atoms with E-state index < -0.39 is 0 Å². The lowest BCUT2D eigenvalue weighted by molar-refractivity contribution is 1.23. The largest absolute Gasteiger partial charge is 0.368 e. The van der Waals surface area contributed by atoms with Gasteiger partial charge in [-0.25, -0.2) is 4.98 Å². The quantitative estimate of drug-likeness (QED) is 0.262. The van der Waals surface area contributed by atoms with Gasteiger partial charge in [-0.2, -0.15) is 4.98 Å². The van der Waals surface area contributed by atoms with Crippen LogP contribution in [0.4, 0.5) is 17.5 Å². The third kappa shape index (κ3) is 3.28. The SMILES string of the molecule is Nc1nc(Nc2cccc(Br)c2)c2cc(-c3cccc4c3sc3ccccc34)ccc2n1. The van der Waals surface area contributed by atoms with Gasteiger partial charge in [-0.15, -0.1) is 11.3 Å². The molecule has 0 bridgehead atoms. The number of nitrogen functional groups attached to an aromatic ring is 1. The molecule has 0 radical (unpaired) electrons. The first-order chi connectivity index (χ1) is 15.7. The lowest BCUT2D eigenvalue weighted by atomic mass is 10.0. The summed E-state index contributed by atoms with van der Waals surface area (Å²) < 4.78 is 3.57. The summed E-state index contributed by atoms with van der Waals surface area (Å²) in [6, 6.07) is 29.3. The molecule has 4 aromatic carbocycles. The van der Waals surface area contributed by atoms with Crippen LogP contribution in [0.1, 0.15) is 0 Å². The molecule has 0 amide bonds. The molecule has 6 heteroatoms. The molecule has 0 aliphatic heterocycles. The van der Waals surface area contributed by atoms with E-state index in [1.54, 1.807) is 0 Å². The number of nitrogens with one attached hydrogen (secondary N) is 1. The second-order valence-electron chi connectivity index (χ2n) is 7.58. The maximum absolute atomic E-state index is 6.01. The molecule has 0 spiro atoms. The van der Waals surface area contributed by atoms with Crippen molar-refractivity contribution in [3.05, 3.63) is 89.4 Å². The van der Waals surface area contributed by atoms with Crippen molar-refractivity contribution >= 4 is 75.8 Å². The molecule has 0 unspecified atom stereocenters. The lowest BCUT2D eigenvalue weighted by Gasteiger charge is -2.12. The molecular weight excluding hydrogens is 480 g/mol. The Kier molecular flexibility index (Phi) is 4.56. The van der Waals surface area contributed by atoms with E-state index in [4.69, 9.17) is 5.73 Å². The zero-order valence-corrected chi connectivity index (χ0v) is 19.2. The van der Waals surface area contributed by atoms with Crippen LogP contribution < -0.4 is 11.1 Å². The molecule has 0 fully saturated rings. The summed E-state index contributed by atoms with van der Waals surface area (Å²) in [7, 11) is 0. The zero-order valence-electron chi connectivity index (χ0n) is 16.8. The van der Waals surface area contributed by atoms with Crippen LogP contribution >= 0.6 is 27.3 Å². The highest BCUT2D eigenvalue weighted by atomic mass is 79.9. The number of hydrogen-bond donors (Lipinski definition) is 2. The Morgan fingerprint density at radius 2 is 1.62 bits per heavy atom. The molecule has 0 saturated heterocycles. The standard InChI is InChI=1S/C26H17BrN4S/c27-16-5-3-6-17(14-16)29-25-21-13-15(11-12-22(21)30-26(28)31-25)18-8-4-9-20-19-7-1-2-10-23(19)32-24(18)20/h1-14H,(H3,28,29,30,31). The number of fused-ring (bicyclic) bond motifs is 4. The fraction of sp³-hybridized carbons (Fsp3) is 0. The number of halogens is 1. The molecule has 0 atom stereocenters. The highest BCUT2D eigenvalue weighted by Crippen LogP contribution is 2.40. The molecule has 6 rings (SSSR count). The van der Waals surface area contributed by atoms with Crippen molar-refractivity contribution in [2.45, 2.75) is 0 Å². The minimum atomic E-state index is 0.245. The van der Waals surface area contributed by atoms with E-state index >= 15 is 0 Å². The number of benzene rings is 4. The van der Waals surface area contributed by atoms with Gasteiger partial charge < -0.3 is 11.1 Å². The van der Waals surface area contributed by atoms with Crippen LogP contribution in [0.3, 0.4) is 0 Å². The maximum Gasteiger partial charge on any atom is 0.222 e. The van der Waals surface area contributed by atoms with Crippen LogP contribution in [0.15, 0.2) is 89.4 Å². The Morgan fingerprint density at radius 1 is 0.781 bits per heavy atom. The van der Waals surface area contributed by atoms with Gasteiger partial charge in [0.25, 0.3) is 0 Å². The van der Waals surface area contributed by atoms with E-state index in [0.29, 0.717) is 5.82 Å². The monoisotopic (exact) mass is 496 g/mol. The number of nitrogens with two attached hydrogens (primary N) is 1. The number of nitrogens with zero attached hydrogens (tertiary/aromatic N) is 2. The Morgan fingerprint density at radius 3 is 2.53 bits per heavy atom. The lowest BCUT2D eigenvalue weighted by Crippen LogP contribution is -2.01. The first kappa shape index (κ1) is 19.2. The Bertz CT molecular complexity index is 1640. The van der Waals surface area contributed by atoms with Gasteiger partial charge in [0, 0.05) is 35.7 Å². The van der Waals surface area contributed by atoms with Crippen molar-refractivity contribution in [1.82, 2.24) is 9.97 Å². The summed E-state index contributed by atoms with van der Waals surface area (Å²) in [6.45, 7) is 0. The second kappa shape index (κ2) is 7.58. The van der Waals surface area contributed by atoms with E-state index in [-0.39, 0.29) is 5.95 Å². The summed E-state index contributed by atoms with van der Waals surface area (Å²) in [4.78, 5) is 8.95. The topological polar surface area (TPSA) is 63.8 Å². The van der Waals surface area contributed by atoms with E-state index in [0.717, 1.165) is 26.6 Å². The van der Waals surface area contributed by atoms with Gasteiger partial charge in [0.05, 0.1) is 5.52 Å². The second-order valence-corrected chi connectivity index (χ2v) is 9.55. The van der Waals surface area contributed by atoms with Crippen LogP contribution in [-0.2, 0) is 0 Å². The summed E-state index contributed by atoms with van der Waals surface area (Å²) >= 11 is 5.35. The molecule has 0 saturated carbocycles. The van der Waals surface area contributed by atoms with Gasteiger partial charge in [-0.05, 0) is 47.5 Å². The Labute approximate surface area is 196 Å². The fourth-order valence-electron chi connectivity index (χ4n) is 4.09. The molecule has 0 aliphatic carbocycles. The van der Waals surface area contributed by atoms with Crippen molar-refractivity contribution < 1.29 is 0 Å². The minimum Gasteiger partial charge on any atom is -0.368 e. The fourth-order valence-corrected chi connectivity index (χ4v) is 5.72. The molecule has 2 aromatic heterocycles. The normalized spacial score (nSPS) is 11.4. The van der Waals surface area contributed by atoms with E-state index in [1.165, 1.54) is 25.7 Å². The van der Waals surface area contributed by atoms with Crippen LogP contribution in [0.25, 0.3) is 42.2 Å². The van der Waals surface area contributed by atoms with Crippen molar-refractivity contribution in [2.75, 3.05) is 11.1 Å². The minimum absolute atomic E-state index is 0.245. The Hall–Kier alpha value is -3.48. The predicted octanol–water partition coefficient (Wildman–Crippen LogP) is 7.75. The third-order valence-electron chi connectivity index (χ3n) is 5.52. The molecule has 2 heterocycles. The van der Waals surface area contributed by atoms with E-state index in [1.807, 2.05) is 41.7 Å². The predicted molar refractivity (Wildman–Crippen MR) is 140 cm³/mol. The van der Waals surface area contributed by atoms with Gasteiger partial charge in [0.2, 0.25) is 5.95 Å². The van der Waals surface area contributed by atoms with E-state index in [2.05, 4.69) is 85.8 Å². The van der Waals surface area contributed by atoms with Crippen molar-refractivity contribution in [3.63, 3.8) is 0 Å². The summed E-state index contributed by atoms with van der Waals surface area (Å²) in [6.07, 6.45) is 0. The van der Waals surface area contributed by atoms with Crippen molar-refractivity contribution in [2.24, 2.45) is 0 Å². The molecule has 4 nitrogen and oxygen atoms in total. The number of hydrogen-bond acceptors (Lipinski definition) is 5. The van der Waals surface area contributed by atoms with Crippen LogP contribution in [0.2, 0.25) is 0 Å². The number of thiophene rings is 1. The highest BCUT2D eigenvalue weighted by molar-refractivity contribution is 9.10. The van der Waals surface area contributed by atoms with Crippen molar-refractivity contribution in [3.8, 4) is 11.1 Å². The Balaban J connectivity index is 1.55. The molecule has 6 aromatic rings.